The number of aromatic carboxylic acids is 1. The Bertz CT molecular complexity index is 680. The van der Waals surface area contributed by atoms with Crippen LogP contribution in [0.1, 0.15) is 36.0 Å². The Morgan fingerprint density at radius 1 is 1.10 bits per heavy atom. The monoisotopic (exact) mass is 349 g/mol. The number of nitrogens with zero attached hydrogens (tertiary/aromatic N) is 1. The first kappa shape index (κ1) is 14.0. The van der Waals surface area contributed by atoms with Crippen LogP contribution in [-0.2, 0) is 9.59 Å². The number of halogens is 1. The number of carboxylic acids is 1. The molecule has 1 aromatic rings. The molecule has 0 radical (unpaired) electrons. The highest BCUT2D eigenvalue weighted by Crippen LogP contribution is 2.36. The minimum atomic E-state index is -1.06. The molecule has 0 saturated heterocycles. The number of anilines is 1. The third-order valence-corrected chi connectivity index (χ3v) is 4.49. The molecule has 1 aliphatic heterocycles. The predicted molar refractivity (Wildman–Crippen MR) is 79.1 cm³/mol. The molecule has 6 heteroatoms. The van der Waals surface area contributed by atoms with Crippen LogP contribution in [0.2, 0.25) is 0 Å². The summed E-state index contributed by atoms with van der Waals surface area (Å²) in [4.78, 5) is 36.9. The van der Waals surface area contributed by atoms with E-state index in [4.69, 9.17) is 5.11 Å². The summed E-state index contributed by atoms with van der Waals surface area (Å²) >= 11 is 3.17. The Morgan fingerprint density at radius 2 is 1.67 bits per heavy atom. The summed E-state index contributed by atoms with van der Waals surface area (Å²) in [5.74, 6) is -1.61. The standard InChI is InChI=1S/C15H12BrNO4/c16-12-7-8(5-6-11(12)15(20)21)17-13(18)9-3-1-2-4-10(9)14(17)19/h5-7H,1-4H2,(H,20,21). The zero-order valence-electron chi connectivity index (χ0n) is 11.1. The van der Waals surface area contributed by atoms with Crippen molar-refractivity contribution >= 4 is 39.4 Å². The lowest BCUT2D eigenvalue weighted by Crippen LogP contribution is -2.31. The largest absolute Gasteiger partial charge is 0.478 e. The summed E-state index contributed by atoms with van der Waals surface area (Å²) in [6.45, 7) is 0. The molecule has 1 heterocycles. The molecule has 0 fully saturated rings. The quantitative estimate of drug-likeness (QED) is 0.833. The molecule has 1 aliphatic carbocycles. The molecule has 0 saturated carbocycles. The van der Waals surface area contributed by atoms with Crippen molar-refractivity contribution in [2.24, 2.45) is 0 Å². The lowest BCUT2D eigenvalue weighted by atomic mass is 9.93. The van der Waals surface area contributed by atoms with Gasteiger partial charge in [-0.15, -0.1) is 0 Å². The van der Waals surface area contributed by atoms with Crippen LogP contribution in [0.5, 0.6) is 0 Å². The van der Waals surface area contributed by atoms with Crippen molar-refractivity contribution < 1.29 is 19.5 Å². The lowest BCUT2D eigenvalue weighted by Gasteiger charge is -2.16. The van der Waals surface area contributed by atoms with Crippen LogP contribution in [0.4, 0.5) is 5.69 Å². The molecule has 0 atom stereocenters. The second kappa shape index (κ2) is 5.11. The minimum Gasteiger partial charge on any atom is -0.478 e. The third-order valence-electron chi connectivity index (χ3n) is 3.83. The van der Waals surface area contributed by atoms with E-state index in [0.29, 0.717) is 34.1 Å². The maximum absolute atomic E-state index is 12.4. The summed E-state index contributed by atoms with van der Waals surface area (Å²) in [7, 11) is 0. The van der Waals surface area contributed by atoms with Crippen molar-refractivity contribution in [3.63, 3.8) is 0 Å². The second-order valence-electron chi connectivity index (χ2n) is 5.08. The lowest BCUT2D eigenvalue weighted by molar-refractivity contribution is -0.120. The predicted octanol–water partition coefficient (Wildman–Crippen LogP) is 2.89. The third kappa shape index (κ3) is 2.19. The highest BCUT2D eigenvalue weighted by atomic mass is 79.9. The summed E-state index contributed by atoms with van der Waals surface area (Å²) in [5, 5.41) is 9.01. The Kier molecular flexibility index (Phi) is 3.41. The number of rotatable bonds is 2. The number of benzene rings is 1. The number of carbonyl (C=O) groups is 3. The average Bonchev–Trinajstić information content (AvgIpc) is 2.71. The fraction of sp³-hybridized carbons (Fsp3) is 0.267. The van der Waals surface area contributed by atoms with Crippen molar-refractivity contribution in [3.8, 4) is 0 Å². The summed E-state index contributed by atoms with van der Waals surface area (Å²) in [5.41, 5.74) is 1.72. The number of carboxylic acid groups (broad SMARTS) is 1. The Morgan fingerprint density at radius 3 is 2.14 bits per heavy atom. The van der Waals surface area contributed by atoms with Crippen LogP contribution < -0.4 is 4.90 Å². The molecular weight excluding hydrogens is 338 g/mol. The first-order valence-corrected chi connectivity index (χ1v) is 7.43. The van der Waals surface area contributed by atoms with Crippen molar-refractivity contribution in [1.29, 1.82) is 0 Å². The Labute approximate surface area is 129 Å². The molecule has 3 rings (SSSR count). The Hall–Kier alpha value is -1.95. The van der Waals surface area contributed by atoms with Crippen LogP contribution in [0.15, 0.2) is 33.8 Å². The number of amides is 2. The molecule has 0 aromatic heterocycles. The first-order chi connectivity index (χ1) is 10.0. The van der Waals surface area contributed by atoms with E-state index in [1.165, 1.54) is 18.2 Å². The van der Waals surface area contributed by atoms with Gasteiger partial charge in [-0.2, -0.15) is 0 Å². The van der Waals surface area contributed by atoms with Crippen LogP contribution in [0, 0.1) is 0 Å². The first-order valence-electron chi connectivity index (χ1n) is 6.64. The fourth-order valence-electron chi connectivity index (χ4n) is 2.79. The molecule has 0 spiro atoms. The maximum Gasteiger partial charge on any atom is 0.336 e. The van der Waals surface area contributed by atoms with E-state index in [-0.39, 0.29) is 17.4 Å². The van der Waals surface area contributed by atoms with E-state index < -0.39 is 5.97 Å². The highest BCUT2D eigenvalue weighted by Gasteiger charge is 2.39. The SMILES string of the molecule is O=C(O)c1ccc(N2C(=O)C3=C(CCCC3)C2=O)cc1Br. The molecule has 1 N–H and O–H groups in total. The molecule has 108 valence electrons. The smallest absolute Gasteiger partial charge is 0.336 e. The van der Waals surface area contributed by atoms with Gasteiger partial charge in [-0.25, -0.2) is 9.69 Å². The molecule has 0 bridgehead atoms. The van der Waals surface area contributed by atoms with E-state index in [9.17, 15) is 14.4 Å². The summed E-state index contributed by atoms with van der Waals surface area (Å²) in [6, 6.07) is 4.37. The number of hydrogen-bond donors (Lipinski definition) is 1. The van der Waals surface area contributed by atoms with Gasteiger partial charge >= 0.3 is 5.97 Å². The zero-order valence-corrected chi connectivity index (χ0v) is 12.6. The van der Waals surface area contributed by atoms with Gasteiger partial charge in [-0.05, 0) is 59.8 Å². The van der Waals surface area contributed by atoms with Crippen LogP contribution in [0.3, 0.4) is 0 Å². The van der Waals surface area contributed by atoms with E-state index >= 15 is 0 Å². The topological polar surface area (TPSA) is 74.7 Å². The molecule has 21 heavy (non-hydrogen) atoms. The van der Waals surface area contributed by atoms with Gasteiger partial charge in [0.25, 0.3) is 11.8 Å². The average molecular weight is 350 g/mol. The van der Waals surface area contributed by atoms with Crippen molar-refractivity contribution in [2.45, 2.75) is 25.7 Å². The number of carbonyl (C=O) groups excluding carboxylic acids is 2. The van der Waals surface area contributed by atoms with E-state index in [1.54, 1.807) is 0 Å². The maximum atomic E-state index is 12.4. The summed E-state index contributed by atoms with van der Waals surface area (Å²) < 4.78 is 0.345. The van der Waals surface area contributed by atoms with Gasteiger partial charge < -0.3 is 5.11 Å². The fourth-order valence-corrected chi connectivity index (χ4v) is 3.33. The second-order valence-corrected chi connectivity index (χ2v) is 5.93. The molecule has 1 aromatic carbocycles. The van der Waals surface area contributed by atoms with Crippen LogP contribution in [-0.4, -0.2) is 22.9 Å². The molecule has 2 amide bonds. The van der Waals surface area contributed by atoms with Crippen molar-refractivity contribution in [2.75, 3.05) is 4.90 Å². The normalized spacial score (nSPS) is 18.2. The van der Waals surface area contributed by atoms with Gasteiger partial charge in [0.15, 0.2) is 0 Å². The molecular formula is C15H12BrNO4. The van der Waals surface area contributed by atoms with Gasteiger partial charge in [0.05, 0.1) is 11.3 Å². The van der Waals surface area contributed by atoms with Gasteiger partial charge in [0.1, 0.15) is 0 Å². The number of hydrogen-bond acceptors (Lipinski definition) is 3. The van der Waals surface area contributed by atoms with Gasteiger partial charge in [0, 0.05) is 15.6 Å². The van der Waals surface area contributed by atoms with Crippen molar-refractivity contribution in [1.82, 2.24) is 0 Å². The zero-order chi connectivity index (χ0) is 15.1. The van der Waals surface area contributed by atoms with Crippen LogP contribution >= 0.6 is 15.9 Å². The minimum absolute atomic E-state index is 0.0931. The van der Waals surface area contributed by atoms with Crippen molar-refractivity contribution in [3.05, 3.63) is 39.4 Å². The summed E-state index contributed by atoms with van der Waals surface area (Å²) in [6.07, 6.45) is 3.14. The Balaban J connectivity index is 1.99. The molecule has 5 nitrogen and oxygen atoms in total. The number of imide groups is 1. The van der Waals surface area contributed by atoms with Gasteiger partial charge in [0.2, 0.25) is 0 Å². The van der Waals surface area contributed by atoms with Crippen LogP contribution in [0.25, 0.3) is 0 Å². The van der Waals surface area contributed by atoms with E-state index in [1.807, 2.05) is 0 Å². The van der Waals surface area contributed by atoms with E-state index in [2.05, 4.69) is 15.9 Å². The van der Waals surface area contributed by atoms with Gasteiger partial charge in [-0.1, -0.05) is 0 Å². The van der Waals surface area contributed by atoms with E-state index in [0.717, 1.165) is 17.7 Å². The highest BCUT2D eigenvalue weighted by molar-refractivity contribution is 9.10. The van der Waals surface area contributed by atoms with Gasteiger partial charge in [-0.3, -0.25) is 9.59 Å². The molecule has 0 unspecified atom stereocenters. The molecule has 2 aliphatic rings.